The van der Waals surface area contributed by atoms with Crippen molar-refractivity contribution in [3.63, 3.8) is 0 Å². The van der Waals surface area contributed by atoms with E-state index in [1.54, 1.807) is 18.3 Å². The molecule has 1 N–H and O–H groups in total. The first-order valence-corrected chi connectivity index (χ1v) is 8.86. The predicted octanol–water partition coefficient (Wildman–Crippen LogP) is 2.14. The van der Waals surface area contributed by atoms with E-state index in [2.05, 4.69) is 34.1 Å². The maximum absolute atomic E-state index is 12.4. The van der Waals surface area contributed by atoms with Crippen LogP contribution in [-0.2, 0) is 9.57 Å². The first kappa shape index (κ1) is 19.4. The van der Waals surface area contributed by atoms with Gasteiger partial charge in [0.25, 0.3) is 5.91 Å². The second-order valence-electron chi connectivity index (χ2n) is 6.68. The zero-order valence-electron chi connectivity index (χ0n) is 15.4. The second kappa shape index (κ2) is 10.2. The van der Waals surface area contributed by atoms with E-state index >= 15 is 0 Å². The minimum absolute atomic E-state index is 0.0442. The molecule has 1 fully saturated rings. The molecular formula is C19H29N3O3. The van der Waals surface area contributed by atoms with Crippen molar-refractivity contribution in [3.05, 3.63) is 35.4 Å². The second-order valence-corrected chi connectivity index (χ2v) is 6.68. The van der Waals surface area contributed by atoms with Gasteiger partial charge in [-0.25, -0.2) is 0 Å². The number of benzene rings is 1. The van der Waals surface area contributed by atoms with E-state index in [0.29, 0.717) is 24.1 Å². The van der Waals surface area contributed by atoms with Crippen LogP contribution in [0.3, 0.4) is 0 Å². The highest BCUT2D eigenvalue weighted by molar-refractivity contribution is 5.95. The van der Waals surface area contributed by atoms with Crippen molar-refractivity contribution in [1.29, 1.82) is 0 Å². The van der Waals surface area contributed by atoms with E-state index in [1.165, 1.54) is 7.11 Å². The molecule has 0 aromatic heterocycles. The van der Waals surface area contributed by atoms with Crippen molar-refractivity contribution in [1.82, 2.24) is 10.2 Å². The average Bonchev–Trinajstić information content (AvgIpc) is 2.64. The molecule has 0 bridgehead atoms. The van der Waals surface area contributed by atoms with Crippen molar-refractivity contribution in [2.75, 3.05) is 40.0 Å². The summed E-state index contributed by atoms with van der Waals surface area (Å²) in [5.74, 6) is 0.543. The number of hydrogen-bond acceptors (Lipinski definition) is 5. The molecule has 1 heterocycles. The summed E-state index contributed by atoms with van der Waals surface area (Å²) in [4.78, 5) is 19.5. The van der Waals surface area contributed by atoms with E-state index in [1.807, 2.05) is 12.1 Å². The third-order valence-corrected chi connectivity index (χ3v) is 4.28. The molecule has 0 aliphatic carbocycles. The summed E-state index contributed by atoms with van der Waals surface area (Å²) < 4.78 is 5.44. The Balaban J connectivity index is 1.91. The van der Waals surface area contributed by atoms with Gasteiger partial charge in [-0.05, 0) is 30.0 Å². The molecule has 25 heavy (non-hydrogen) atoms. The molecule has 1 aliphatic heterocycles. The molecule has 1 saturated heterocycles. The van der Waals surface area contributed by atoms with E-state index in [4.69, 9.17) is 4.74 Å². The van der Waals surface area contributed by atoms with Crippen LogP contribution in [0.15, 0.2) is 29.4 Å². The molecule has 1 unspecified atom stereocenters. The van der Waals surface area contributed by atoms with Crippen molar-refractivity contribution < 1.29 is 14.4 Å². The van der Waals surface area contributed by atoms with Gasteiger partial charge in [0, 0.05) is 31.2 Å². The molecule has 1 atom stereocenters. The van der Waals surface area contributed by atoms with Gasteiger partial charge in [-0.15, -0.1) is 0 Å². The molecule has 1 aliphatic rings. The normalized spacial score (nSPS) is 17.0. The highest BCUT2D eigenvalue weighted by atomic mass is 16.6. The van der Waals surface area contributed by atoms with Gasteiger partial charge in [-0.3, -0.25) is 9.69 Å². The highest BCUT2D eigenvalue weighted by Crippen LogP contribution is 2.13. The monoisotopic (exact) mass is 347 g/mol. The van der Waals surface area contributed by atoms with Crippen molar-refractivity contribution in [3.8, 4) is 0 Å². The van der Waals surface area contributed by atoms with Crippen molar-refractivity contribution in [2.24, 2.45) is 11.1 Å². The Morgan fingerprint density at radius 1 is 1.32 bits per heavy atom. The van der Waals surface area contributed by atoms with Gasteiger partial charge in [-0.1, -0.05) is 31.1 Å². The maximum Gasteiger partial charge on any atom is 0.251 e. The van der Waals surface area contributed by atoms with Gasteiger partial charge >= 0.3 is 0 Å². The van der Waals surface area contributed by atoms with Crippen LogP contribution in [0.2, 0.25) is 0 Å². The minimum Gasteiger partial charge on any atom is -0.399 e. The summed E-state index contributed by atoms with van der Waals surface area (Å²) in [5, 5.41) is 6.80. The first-order chi connectivity index (χ1) is 12.1. The summed E-state index contributed by atoms with van der Waals surface area (Å²) in [6, 6.07) is 7.66. The fourth-order valence-electron chi connectivity index (χ4n) is 2.99. The average molecular weight is 347 g/mol. The van der Waals surface area contributed by atoms with E-state index < -0.39 is 0 Å². The SMILES string of the molecule is CO/N=C/c1ccc(C(=O)NCC(CC(C)C)N2CCOCC2)cc1. The van der Waals surface area contributed by atoms with Crippen LogP contribution in [0, 0.1) is 5.92 Å². The predicted molar refractivity (Wildman–Crippen MR) is 99.0 cm³/mol. The molecule has 6 nitrogen and oxygen atoms in total. The number of ether oxygens (including phenoxy) is 1. The smallest absolute Gasteiger partial charge is 0.251 e. The Hall–Kier alpha value is -1.92. The van der Waals surface area contributed by atoms with Gasteiger partial charge < -0.3 is 14.9 Å². The number of hydrogen-bond donors (Lipinski definition) is 1. The number of carbonyl (C=O) groups is 1. The molecular weight excluding hydrogens is 318 g/mol. The van der Waals surface area contributed by atoms with Crippen LogP contribution >= 0.6 is 0 Å². The first-order valence-electron chi connectivity index (χ1n) is 8.86. The molecule has 1 aromatic rings. The van der Waals surface area contributed by atoms with Gasteiger partial charge in [-0.2, -0.15) is 0 Å². The summed E-state index contributed by atoms with van der Waals surface area (Å²) in [5.41, 5.74) is 1.55. The topological polar surface area (TPSA) is 63.2 Å². The van der Waals surface area contributed by atoms with E-state index in [9.17, 15) is 4.79 Å². The summed E-state index contributed by atoms with van der Waals surface area (Å²) in [6.07, 6.45) is 2.67. The number of nitrogens with zero attached hydrogens (tertiary/aromatic N) is 2. The maximum atomic E-state index is 12.4. The lowest BCUT2D eigenvalue weighted by Crippen LogP contribution is -2.49. The molecule has 138 valence electrons. The fraction of sp³-hybridized carbons (Fsp3) is 0.579. The highest BCUT2D eigenvalue weighted by Gasteiger charge is 2.22. The number of amides is 1. The van der Waals surface area contributed by atoms with Crippen LogP contribution in [0.4, 0.5) is 0 Å². The molecule has 0 spiro atoms. The molecule has 0 saturated carbocycles. The van der Waals surface area contributed by atoms with Crippen LogP contribution in [0.1, 0.15) is 36.2 Å². The third-order valence-electron chi connectivity index (χ3n) is 4.28. The van der Waals surface area contributed by atoms with Gasteiger partial charge in [0.1, 0.15) is 7.11 Å². The lowest BCUT2D eigenvalue weighted by atomic mass is 10.0. The molecule has 1 aromatic carbocycles. The number of nitrogens with one attached hydrogen (secondary N) is 1. The largest absolute Gasteiger partial charge is 0.399 e. The lowest BCUT2D eigenvalue weighted by Gasteiger charge is -2.35. The Labute approximate surface area is 150 Å². The molecule has 0 radical (unpaired) electrons. The molecule has 1 amide bonds. The van der Waals surface area contributed by atoms with E-state index in [0.717, 1.165) is 38.3 Å². The summed E-state index contributed by atoms with van der Waals surface area (Å²) >= 11 is 0. The number of morpholine rings is 1. The Morgan fingerprint density at radius 2 is 2.00 bits per heavy atom. The van der Waals surface area contributed by atoms with Crippen molar-refractivity contribution in [2.45, 2.75) is 26.3 Å². The minimum atomic E-state index is -0.0442. The van der Waals surface area contributed by atoms with Crippen molar-refractivity contribution >= 4 is 12.1 Å². The Kier molecular flexibility index (Phi) is 7.88. The van der Waals surface area contributed by atoms with Crippen LogP contribution in [-0.4, -0.2) is 63.0 Å². The molecule has 6 heteroatoms. The van der Waals surface area contributed by atoms with Crippen LogP contribution in [0.5, 0.6) is 0 Å². The van der Waals surface area contributed by atoms with E-state index in [-0.39, 0.29) is 5.91 Å². The van der Waals surface area contributed by atoms with Gasteiger partial charge in [0.2, 0.25) is 0 Å². The summed E-state index contributed by atoms with van der Waals surface area (Å²) in [7, 11) is 1.50. The number of oxime groups is 1. The summed E-state index contributed by atoms with van der Waals surface area (Å²) in [6.45, 7) is 8.50. The zero-order chi connectivity index (χ0) is 18.1. The van der Waals surface area contributed by atoms with Gasteiger partial charge in [0.05, 0.1) is 19.4 Å². The van der Waals surface area contributed by atoms with Gasteiger partial charge in [0.15, 0.2) is 0 Å². The quantitative estimate of drug-likeness (QED) is 0.578. The Bertz CT molecular complexity index is 552. The zero-order valence-corrected chi connectivity index (χ0v) is 15.4. The standard InChI is InChI=1S/C19H29N3O3/c1-15(2)12-18(22-8-10-25-11-9-22)14-20-19(23)17-6-4-16(5-7-17)13-21-24-3/h4-7,13,15,18H,8-12,14H2,1-3H3,(H,20,23)/b21-13+. The Morgan fingerprint density at radius 3 is 2.60 bits per heavy atom. The molecule has 2 rings (SSSR count). The third kappa shape index (κ3) is 6.48. The lowest BCUT2D eigenvalue weighted by molar-refractivity contribution is 0.0124. The van der Waals surface area contributed by atoms with Crippen LogP contribution < -0.4 is 5.32 Å². The number of carbonyl (C=O) groups excluding carboxylic acids is 1. The van der Waals surface area contributed by atoms with Crippen LogP contribution in [0.25, 0.3) is 0 Å². The fourth-order valence-corrected chi connectivity index (χ4v) is 2.99. The number of rotatable bonds is 8.